The third-order valence-corrected chi connectivity index (χ3v) is 1.47. The molecule has 0 aliphatic heterocycles. The third-order valence-electron chi connectivity index (χ3n) is 1.37. The van der Waals surface area contributed by atoms with Crippen LogP contribution in [0.5, 0.6) is 0 Å². The van der Waals surface area contributed by atoms with Crippen LogP contribution in [-0.4, -0.2) is 25.0 Å². The van der Waals surface area contributed by atoms with Crippen molar-refractivity contribution in [2.45, 2.75) is 13.8 Å². The molecule has 70 valence electrons. The molecule has 0 saturated carbocycles. The van der Waals surface area contributed by atoms with Gasteiger partial charge >= 0.3 is 5.97 Å². The van der Waals surface area contributed by atoms with Gasteiger partial charge in [0.25, 0.3) is 0 Å². The summed E-state index contributed by atoms with van der Waals surface area (Å²) in [5, 5.41) is 2.40. The summed E-state index contributed by atoms with van der Waals surface area (Å²) in [7, 11) is 0. The predicted molar refractivity (Wildman–Crippen MR) is 44.7 cm³/mol. The lowest BCUT2D eigenvalue weighted by Gasteiger charge is -2.20. The van der Waals surface area contributed by atoms with Crippen LogP contribution in [-0.2, 0) is 14.3 Å². The maximum absolute atomic E-state index is 11.1. The number of hydrogen-bond donors (Lipinski definition) is 1. The Hall–Kier alpha value is -0.770. The summed E-state index contributed by atoms with van der Waals surface area (Å²) >= 11 is 5.20. The Morgan fingerprint density at radius 1 is 1.67 bits per heavy atom. The third kappa shape index (κ3) is 3.57. The van der Waals surface area contributed by atoms with Crippen molar-refractivity contribution in [2.24, 2.45) is 5.41 Å². The van der Waals surface area contributed by atoms with Crippen LogP contribution in [0.4, 0.5) is 0 Å². The fourth-order valence-corrected chi connectivity index (χ4v) is 0.713. The average Bonchev–Trinajstić information content (AvgIpc) is 2.01. The molecule has 0 spiro atoms. The second-order valence-corrected chi connectivity index (χ2v) is 3.14. The topological polar surface area (TPSA) is 55.4 Å². The van der Waals surface area contributed by atoms with E-state index in [1.807, 2.05) is 0 Å². The largest absolute Gasteiger partial charge is 0.449 e. The molecule has 12 heavy (non-hydrogen) atoms. The molecule has 0 aliphatic carbocycles. The number of esters is 1. The van der Waals surface area contributed by atoms with Gasteiger partial charge in [-0.25, -0.2) is 0 Å². The van der Waals surface area contributed by atoms with Gasteiger partial charge < -0.3 is 10.1 Å². The van der Waals surface area contributed by atoms with Crippen molar-refractivity contribution in [1.82, 2.24) is 5.32 Å². The van der Waals surface area contributed by atoms with Crippen LogP contribution < -0.4 is 5.32 Å². The minimum absolute atomic E-state index is 0.163. The van der Waals surface area contributed by atoms with E-state index in [2.05, 4.69) is 10.1 Å². The van der Waals surface area contributed by atoms with E-state index >= 15 is 0 Å². The van der Waals surface area contributed by atoms with Crippen molar-refractivity contribution in [3.8, 4) is 0 Å². The standard InChI is InChI=1S/C7H12ClNO3/c1-7(2,3-9-5-10)6(11)12-4-8/h5H,3-4H2,1-2H3,(H,9,10). The molecule has 0 aliphatic rings. The number of rotatable bonds is 5. The van der Waals surface area contributed by atoms with Crippen molar-refractivity contribution in [3.05, 3.63) is 0 Å². The molecule has 0 atom stereocenters. The molecule has 0 aromatic carbocycles. The Morgan fingerprint density at radius 2 is 2.25 bits per heavy atom. The van der Waals surface area contributed by atoms with Gasteiger partial charge in [0.15, 0.2) is 6.07 Å². The molecule has 0 aromatic heterocycles. The molecular weight excluding hydrogens is 182 g/mol. The molecule has 0 rings (SSSR count). The van der Waals surface area contributed by atoms with Crippen molar-refractivity contribution in [1.29, 1.82) is 0 Å². The molecular formula is C7H12ClNO3. The van der Waals surface area contributed by atoms with Crippen LogP contribution in [0.2, 0.25) is 0 Å². The monoisotopic (exact) mass is 193 g/mol. The number of nitrogens with one attached hydrogen (secondary N) is 1. The van der Waals surface area contributed by atoms with Crippen LogP contribution in [0, 0.1) is 5.41 Å². The minimum Gasteiger partial charge on any atom is -0.449 e. The second-order valence-electron chi connectivity index (χ2n) is 2.92. The highest BCUT2D eigenvalue weighted by Crippen LogP contribution is 2.15. The van der Waals surface area contributed by atoms with Gasteiger partial charge in [-0.2, -0.15) is 0 Å². The minimum atomic E-state index is -0.726. The Labute approximate surface area is 76.2 Å². The smallest absolute Gasteiger partial charge is 0.314 e. The first-order chi connectivity index (χ1) is 5.54. The summed E-state index contributed by atoms with van der Waals surface area (Å²) in [6.07, 6.45) is 0.537. The van der Waals surface area contributed by atoms with E-state index in [1.165, 1.54) is 0 Å². The molecule has 0 saturated heterocycles. The van der Waals surface area contributed by atoms with Crippen LogP contribution >= 0.6 is 11.6 Å². The van der Waals surface area contributed by atoms with Crippen molar-refractivity contribution < 1.29 is 14.3 Å². The lowest BCUT2D eigenvalue weighted by atomic mass is 9.94. The zero-order valence-electron chi connectivity index (χ0n) is 7.09. The molecule has 0 aromatic rings. The molecule has 5 heteroatoms. The number of carbonyl (C=O) groups is 2. The number of halogens is 1. The molecule has 1 amide bonds. The fraction of sp³-hybridized carbons (Fsp3) is 0.714. The van der Waals surface area contributed by atoms with Crippen molar-refractivity contribution >= 4 is 24.0 Å². The lowest BCUT2D eigenvalue weighted by Crippen LogP contribution is -2.36. The van der Waals surface area contributed by atoms with Crippen LogP contribution in [0.15, 0.2) is 0 Å². The second kappa shape index (κ2) is 4.98. The highest BCUT2D eigenvalue weighted by molar-refractivity contribution is 6.17. The molecule has 4 nitrogen and oxygen atoms in total. The van der Waals surface area contributed by atoms with Crippen molar-refractivity contribution in [3.63, 3.8) is 0 Å². The van der Waals surface area contributed by atoms with Gasteiger partial charge in [-0.1, -0.05) is 11.6 Å². The quantitative estimate of drug-likeness (QED) is 0.393. The maximum Gasteiger partial charge on any atom is 0.314 e. The molecule has 0 heterocycles. The average molecular weight is 194 g/mol. The van der Waals surface area contributed by atoms with Gasteiger partial charge in [0.1, 0.15) is 0 Å². The summed E-state index contributed by atoms with van der Waals surface area (Å²) in [5.74, 6) is -0.424. The van der Waals surface area contributed by atoms with E-state index in [9.17, 15) is 9.59 Å². The fourth-order valence-electron chi connectivity index (χ4n) is 0.614. The molecule has 0 bridgehead atoms. The summed E-state index contributed by atoms with van der Waals surface area (Å²) in [6, 6.07) is -0.163. The van der Waals surface area contributed by atoms with Crippen molar-refractivity contribution in [2.75, 3.05) is 12.6 Å². The van der Waals surface area contributed by atoms with E-state index in [-0.39, 0.29) is 12.6 Å². The Morgan fingerprint density at radius 3 is 2.67 bits per heavy atom. The van der Waals surface area contributed by atoms with Gasteiger partial charge in [-0.15, -0.1) is 0 Å². The Kier molecular flexibility index (Phi) is 4.66. The van der Waals surface area contributed by atoms with E-state index < -0.39 is 11.4 Å². The number of ether oxygens (including phenoxy) is 1. The summed E-state index contributed by atoms with van der Waals surface area (Å²) in [6.45, 7) is 3.57. The SMILES string of the molecule is CC(C)(CNC=O)C(=O)OCCl. The first-order valence-corrected chi connectivity index (χ1v) is 3.98. The number of alkyl halides is 1. The lowest BCUT2D eigenvalue weighted by molar-refractivity contribution is -0.151. The number of carbonyl (C=O) groups excluding carboxylic acids is 2. The summed E-state index contributed by atoms with van der Waals surface area (Å²) < 4.78 is 4.57. The molecule has 0 radical (unpaired) electrons. The van der Waals surface area contributed by atoms with E-state index in [0.717, 1.165) is 0 Å². The zero-order chi connectivity index (χ0) is 9.61. The van der Waals surface area contributed by atoms with E-state index in [1.54, 1.807) is 13.8 Å². The van der Waals surface area contributed by atoms with Gasteiger partial charge in [0, 0.05) is 6.54 Å². The van der Waals surface area contributed by atoms with Gasteiger partial charge in [0.2, 0.25) is 6.41 Å². The molecule has 1 N–H and O–H groups in total. The summed E-state index contributed by atoms with van der Waals surface area (Å²) in [5.41, 5.74) is -0.726. The van der Waals surface area contributed by atoms with E-state index in [4.69, 9.17) is 11.6 Å². The van der Waals surface area contributed by atoms with Crippen LogP contribution in [0.3, 0.4) is 0 Å². The first kappa shape index (κ1) is 11.2. The normalized spacial score (nSPS) is 10.6. The highest BCUT2D eigenvalue weighted by atomic mass is 35.5. The number of amides is 1. The van der Waals surface area contributed by atoms with E-state index in [0.29, 0.717) is 6.41 Å². The Balaban J connectivity index is 3.98. The summed E-state index contributed by atoms with van der Waals surface area (Å²) in [4.78, 5) is 21.1. The predicted octanol–water partition coefficient (Wildman–Crippen LogP) is 0.498. The van der Waals surface area contributed by atoms with Crippen LogP contribution in [0.1, 0.15) is 13.8 Å². The van der Waals surface area contributed by atoms with Gasteiger partial charge in [0.05, 0.1) is 5.41 Å². The van der Waals surface area contributed by atoms with Gasteiger partial charge in [-0.3, -0.25) is 9.59 Å². The highest BCUT2D eigenvalue weighted by Gasteiger charge is 2.28. The molecule has 0 unspecified atom stereocenters. The first-order valence-electron chi connectivity index (χ1n) is 3.45. The van der Waals surface area contributed by atoms with Crippen LogP contribution in [0.25, 0.3) is 0 Å². The maximum atomic E-state index is 11.1. The van der Waals surface area contributed by atoms with Gasteiger partial charge in [-0.05, 0) is 13.8 Å². The number of hydrogen-bond acceptors (Lipinski definition) is 3. The zero-order valence-corrected chi connectivity index (χ0v) is 7.85. The Bertz CT molecular complexity index is 170. The molecule has 0 fully saturated rings.